The van der Waals surface area contributed by atoms with Crippen LogP contribution in [0, 0.1) is 11.8 Å². The number of hydrogen-bond acceptors (Lipinski definition) is 3. The number of benzene rings is 1. The summed E-state index contributed by atoms with van der Waals surface area (Å²) in [6.07, 6.45) is 0.890. The van der Waals surface area contributed by atoms with Gasteiger partial charge in [-0.05, 0) is 24.6 Å². The van der Waals surface area contributed by atoms with Crippen molar-refractivity contribution >= 4 is 0 Å². The Morgan fingerprint density at radius 2 is 2.06 bits per heavy atom. The molecular formula is C14H17NO2. The van der Waals surface area contributed by atoms with Crippen LogP contribution in [0.2, 0.25) is 0 Å². The summed E-state index contributed by atoms with van der Waals surface area (Å²) in [5.74, 6) is 7.60. The van der Waals surface area contributed by atoms with Gasteiger partial charge in [0.15, 0.2) is 11.5 Å². The van der Waals surface area contributed by atoms with Gasteiger partial charge >= 0.3 is 0 Å². The van der Waals surface area contributed by atoms with Gasteiger partial charge in [0.05, 0.1) is 0 Å². The lowest BCUT2D eigenvalue weighted by Gasteiger charge is -2.18. The summed E-state index contributed by atoms with van der Waals surface area (Å²) in [5.41, 5.74) is 1.21. The average Bonchev–Trinajstić information content (AvgIpc) is 2.38. The van der Waals surface area contributed by atoms with Crippen LogP contribution in [0.3, 0.4) is 0 Å². The quantitative estimate of drug-likeness (QED) is 0.634. The van der Waals surface area contributed by atoms with Crippen molar-refractivity contribution in [2.75, 3.05) is 19.8 Å². The molecule has 2 rings (SSSR count). The van der Waals surface area contributed by atoms with Gasteiger partial charge in [0.25, 0.3) is 0 Å². The molecule has 0 atom stereocenters. The summed E-state index contributed by atoms with van der Waals surface area (Å²) < 4.78 is 11.0. The molecule has 0 saturated heterocycles. The van der Waals surface area contributed by atoms with E-state index in [2.05, 4.69) is 23.2 Å². The molecule has 1 aromatic carbocycles. The van der Waals surface area contributed by atoms with Gasteiger partial charge in [-0.3, -0.25) is 0 Å². The van der Waals surface area contributed by atoms with Crippen molar-refractivity contribution < 1.29 is 9.47 Å². The molecule has 17 heavy (non-hydrogen) atoms. The molecule has 1 heterocycles. The zero-order valence-electron chi connectivity index (χ0n) is 10.1. The van der Waals surface area contributed by atoms with Gasteiger partial charge in [-0.15, -0.1) is 11.8 Å². The lowest BCUT2D eigenvalue weighted by Crippen LogP contribution is -2.17. The molecule has 0 saturated carbocycles. The number of rotatable bonds is 4. The third-order valence-corrected chi connectivity index (χ3v) is 2.54. The molecule has 1 aromatic rings. The molecule has 0 spiro atoms. The van der Waals surface area contributed by atoms with Crippen LogP contribution in [0.5, 0.6) is 11.5 Å². The third kappa shape index (κ3) is 3.40. The molecule has 1 N–H and O–H groups in total. The van der Waals surface area contributed by atoms with Crippen LogP contribution in [-0.2, 0) is 6.54 Å². The average molecular weight is 231 g/mol. The second kappa shape index (κ2) is 6.17. The maximum absolute atomic E-state index is 5.53. The first-order valence-corrected chi connectivity index (χ1v) is 5.89. The summed E-state index contributed by atoms with van der Waals surface area (Å²) in [5, 5.41) is 3.34. The topological polar surface area (TPSA) is 30.5 Å². The first-order chi connectivity index (χ1) is 8.40. The van der Waals surface area contributed by atoms with E-state index < -0.39 is 0 Å². The molecule has 1 aliphatic heterocycles. The van der Waals surface area contributed by atoms with E-state index in [4.69, 9.17) is 9.47 Å². The zero-order valence-corrected chi connectivity index (χ0v) is 10.1. The molecule has 90 valence electrons. The zero-order chi connectivity index (χ0) is 11.9. The van der Waals surface area contributed by atoms with E-state index in [9.17, 15) is 0 Å². The normalized spacial score (nSPS) is 12.8. The largest absolute Gasteiger partial charge is 0.486 e. The van der Waals surface area contributed by atoms with Crippen LogP contribution in [0.1, 0.15) is 18.9 Å². The fourth-order valence-corrected chi connectivity index (χ4v) is 1.71. The van der Waals surface area contributed by atoms with Crippen LogP contribution < -0.4 is 14.8 Å². The van der Waals surface area contributed by atoms with E-state index in [0.717, 1.165) is 31.0 Å². The van der Waals surface area contributed by atoms with Crippen LogP contribution >= 0.6 is 0 Å². The van der Waals surface area contributed by atoms with Crippen LogP contribution in [0.15, 0.2) is 18.2 Å². The number of nitrogens with one attached hydrogen (secondary N) is 1. The van der Waals surface area contributed by atoms with Crippen molar-refractivity contribution in [3.63, 3.8) is 0 Å². The van der Waals surface area contributed by atoms with Crippen molar-refractivity contribution in [2.24, 2.45) is 0 Å². The van der Waals surface area contributed by atoms with E-state index in [1.165, 1.54) is 5.56 Å². The molecule has 0 fully saturated rings. The number of hydrogen-bond donors (Lipinski definition) is 1. The summed E-state index contributed by atoms with van der Waals surface area (Å²) in [6, 6.07) is 6.07. The monoisotopic (exact) mass is 231 g/mol. The standard InChI is InChI=1S/C14H17NO2/c1-2-3-4-7-15-11-12-5-6-13-14(10-12)17-9-8-16-13/h5-6,10,15H,4,7-9,11H2,1H3. The number of ether oxygens (including phenoxy) is 2. The van der Waals surface area contributed by atoms with Crippen molar-refractivity contribution in [1.82, 2.24) is 5.32 Å². The second-order valence-corrected chi connectivity index (χ2v) is 3.83. The summed E-state index contributed by atoms with van der Waals surface area (Å²) in [6.45, 7) is 4.88. The molecule has 0 amide bonds. The highest BCUT2D eigenvalue weighted by Crippen LogP contribution is 2.30. The Morgan fingerprint density at radius 3 is 2.88 bits per heavy atom. The highest BCUT2D eigenvalue weighted by Gasteiger charge is 2.11. The molecule has 0 aromatic heterocycles. The molecule has 0 unspecified atom stereocenters. The maximum atomic E-state index is 5.53. The third-order valence-electron chi connectivity index (χ3n) is 2.54. The lowest BCUT2D eigenvalue weighted by molar-refractivity contribution is 0.171. The van der Waals surface area contributed by atoms with Gasteiger partial charge in [-0.1, -0.05) is 6.07 Å². The van der Waals surface area contributed by atoms with Crippen molar-refractivity contribution in [1.29, 1.82) is 0 Å². The van der Waals surface area contributed by atoms with Crippen LogP contribution in [0.25, 0.3) is 0 Å². The van der Waals surface area contributed by atoms with Gasteiger partial charge < -0.3 is 14.8 Å². The van der Waals surface area contributed by atoms with E-state index in [1.807, 2.05) is 19.1 Å². The molecule has 3 heteroatoms. The van der Waals surface area contributed by atoms with E-state index in [0.29, 0.717) is 13.2 Å². The van der Waals surface area contributed by atoms with Crippen LogP contribution in [-0.4, -0.2) is 19.8 Å². The lowest BCUT2D eigenvalue weighted by atomic mass is 10.2. The van der Waals surface area contributed by atoms with Gasteiger partial charge in [0.2, 0.25) is 0 Å². The Labute approximate surface area is 102 Å². The Bertz CT molecular complexity index is 432. The van der Waals surface area contributed by atoms with E-state index in [-0.39, 0.29) is 0 Å². The van der Waals surface area contributed by atoms with Crippen molar-refractivity contribution in [2.45, 2.75) is 19.9 Å². The molecule has 3 nitrogen and oxygen atoms in total. The minimum atomic E-state index is 0.635. The molecule has 0 aliphatic carbocycles. The molecule has 0 bridgehead atoms. The van der Waals surface area contributed by atoms with Gasteiger partial charge in [-0.25, -0.2) is 0 Å². The van der Waals surface area contributed by atoms with Gasteiger partial charge in [0, 0.05) is 19.5 Å². The summed E-state index contributed by atoms with van der Waals surface area (Å²) in [4.78, 5) is 0. The van der Waals surface area contributed by atoms with Crippen molar-refractivity contribution in [3.8, 4) is 23.3 Å². The second-order valence-electron chi connectivity index (χ2n) is 3.83. The van der Waals surface area contributed by atoms with Gasteiger partial charge in [-0.2, -0.15) is 0 Å². The highest BCUT2D eigenvalue weighted by atomic mass is 16.6. The Balaban J connectivity index is 1.86. The van der Waals surface area contributed by atoms with Gasteiger partial charge in [0.1, 0.15) is 13.2 Å². The molecular weight excluding hydrogens is 214 g/mol. The predicted molar refractivity (Wildman–Crippen MR) is 67.2 cm³/mol. The fourth-order valence-electron chi connectivity index (χ4n) is 1.71. The minimum absolute atomic E-state index is 0.635. The Hall–Kier alpha value is -1.66. The van der Waals surface area contributed by atoms with E-state index >= 15 is 0 Å². The first-order valence-electron chi connectivity index (χ1n) is 5.89. The predicted octanol–water partition coefficient (Wildman–Crippen LogP) is 1.96. The first kappa shape index (κ1) is 11.8. The smallest absolute Gasteiger partial charge is 0.161 e. The van der Waals surface area contributed by atoms with E-state index in [1.54, 1.807) is 0 Å². The Morgan fingerprint density at radius 1 is 1.24 bits per heavy atom. The van der Waals surface area contributed by atoms with Crippen LogP contribution in [0.4, 0.5) is 0 Å². The highest BCUT2D eigenvalue weighted by molar-refractivity contribution is 5.43. The molecule has 1 aliphatic rings. The molecule has 0 radical (unpaired) electrons. The Kier molecular flexibility index (Phi) is 4.29. The SMILES string of the molecule is CC#CCCNCc1ccc2c(c1)OCCO2. The number of fused-ring (bicyclic) bond motifs is 1. The maximum Gasteiger partial charge on any atom is 0.161 e. The van der Waals surface area contributed by atoms with Crippen molar-refractivity contribution in [3.05, 3.63) is 23.8 Å². The minimum Gasteiger partial charge on any atom is -0.486 e. The fraction of sp³-hybridized carbons (Fsp3) is 0.429. The summed E-state index contributed by atoms with van der Waals surface area (Å²) in [7, 11) is 0. The summed E-state index contributed by atoms with van der Waals surface area (Å²) >= 11 is 0.